The highest BCUT2D eigenvalue weighted by atomic mass is 16.5. The highest BCUT2D eigenvalue weighted by molar-refractivity contribution is 5.74. The molecule has 118 valence electrons. The van der Waals surface area contributed by atoms with E-state index in [1.54, 1.807) is 0 Å². The molecule has 0 aliphatic carbocycles. The first-order valence-electron chi connectivity index (χ1n) is 8.13. The maximum Gasteiger partial charge on any atom is 0.150 e. The summed E-state index contributed by atoms with van der Waals surface area (Å²) in [6.45, 7) is 3.67. The van der Waals surface area contributed by atoms with E-state index in [9.17, 15) is 4.79 Å². The zero-order chi connectivity index (χ0) is 15.7. The fourth-order valence-electron chi connectivity index (χ4n) is 3.70. The molecule has 0 amide bonds. The summed E-state index contributed by atoms with van der Waals surface area (Å²) >= 11 is 0. The number of hydrogen-bond acceptors (Lipinski definition) is 4. The van der Waals surface area contributed by atoms with Crippen LogP contribution in [0.1, 0.15) is 39.9 Å². The molecule has 0 N–H and O–H groups in total. The van der Waals surface area contributed by atoms with Gasteiger partial charge in [-0.1, -0.05) is 24.3 Å². The van der Waals surface area contributed by atoms with Crippen molar-refractivity contribution in [3.05, 3.63) is 65.0 Å². The Hall–Kier alpha value is -2.04. The molecule has 4 nitrogen and oxygen atoms in total. The topological polar surface area (TPSA) is 42.4 Å². The Morgan fingerprint density at radius 2 is 1.96 bits per heavy atom. The number of aldehydes is 1. The van der Waals surface area contributed by atoms with Crippen LogP contribution >= 0.6 is 0 Å². The number of hydrogen-bond donors (Lipinski definition) is 0. The molecule has 2 aliphatic heterocycles. The Bertz CT molecular complexity index is 704. The van der Waals surface area contributed by atoms with E-state index in [0.717, 1.165) is 44.3 Å². The number of carbonyl (C=O) groups is 1. The highest BCUT2D eigenvalue weighted by Gasteiger charge is 2.42. The molecule has 0 unspecified atom stereocenters. The molecule has 1 fully saturated rings. The van der Waals surface area contributed by atoms with Gasteiger partial charge in [0.05, 0.1) is 12.2 Å². The molecule has 1 spiro atoms. The van der Waals surface area contributed by atoms with Gasteiger partial charge in [-0.05, 0) is 30.0 Å². The van der Waals surface area contributed by atoms with Crippen molar-refractivity contribution in [3.8, 4) is 0 Å². The quantitative estimate of drug-likeness (QED) is 0.818. The molecule has 23 heavy (non-hydrogen) atoms. The average molecular weight is 308 g/mol. The Morgan fingerprint density at radius 3 is 2.70 bits per heavy atom. The van der Waals surface area contributed by atoms with E-state index in [-0.39, 0.29) is 5.60 Å². The second-order valence-corrected chi connectivity index (χ2v) is 6.45. The van der Waals surface area contributed by atoms with Crippen molar-refractivity contribution in [2.24, 2.45) is 0 Å². The number of carbonyl (C=O) groups excluding carboxylic acids is 1. The fourth-order valence-corrected chi connectivity index (χ4v) is 3.70. The smallest absolute Gasteiger partial charge is 0.150 e. The minimum absolute atomic E-state index is 0.124. The summed E-state index contributed by atoms with van der Waals surface area (Å²) in [6.07, 6.45) is 6.74. The van der Waals surface area contributed by atoms with Crippen LogP contribution in [0.15, 0.2) is 42.7 Å². The maximum absolute atomic E-state index is 10.7. The van der Waals surface area contributed by atoms with E-state index in [2.05, 4.69) is 16.0 Å². The number of rotatable bonds is 3. The molecule has 1 aromatic carbocycles. The normalized spacial score (nSPS) is 19.7. The van der Waals surface area contributed by atoms with Crippen molar-refractivity contribution in [2.45, 2.75) is 31.6 Å². The van der Waals surface area contributed by atoms with E-state index in [0.29, 0.717) is 6.61 Å². The monoisotopic (exact) mass is 308 g/mol. The number of piperidine rings is 1. The van der Waals surface area contributed by atoms with Crippen LogP contribution in [0.3, 0.4) is 0 Å². The van der Waals surface area contributed by atoms with Crippen molar-refractivity contribution < 1.29 is 9.53 Å². The zero-order valence-electron chi connectivity index (χ0n) is 13.1. The largest absolute Gasteiger partial charge is 0.365 e. The van der Waals surface area contributed by atoms with Crippen molar-refractivity contribution in [1.82, 2.24) is 9.88 Å². The molecule has 0 radical (unpaired) electrons. The summed E-state index contributed by atoms with van der Waals surface area (Å²) in [5.41, 5.74) is 4.44. The molecule has 4 rings (SSSR count). The predicted octanol–water partition coefficient (Wildman–Crippen LogP) is 2.92. The van der Waals surface area contributed by atoms with Crippen molar-refractivity contribution in [1.29, 1.82) is 0 Å². The fraction of sp³-hybridized carbons (Fsp3) is 0.368. The van der Waals surface area contributed by atoms with Gasteiger partial charge >= 0.3 is 0 Å². The lowest BCUT2D eigenvalue weighted by atomic mass is 9.84. The molecular formula is C19H20N2O2. The molecule has 4 heteroatoms. The third kappa shape index (κ3) is 2.69. The number of fused-ring (bicyclic) bond motifs is 2. The average Bonchev–Trinajstić information content (AvgIpc) is 2.97. The molecular weight excluding hydrogens is 288 g/mol. The van der Waals surface area contributed by atoms with Crippen LogP contribution in [-0.4, -0.2) is 29.3 Å². The van der Waals surface area contributed by atoms with E-state index in [1.165, 1.54) is 16.7 Å². The van der Waals surface area contributed by atoms with Crippen molar-refractivity contribution in [2.75, 3.05) is 13.1 Å². The molecule has 2 aliphatic rings. The van der Waals surface area contributed by atoms with Gasteiger partial charge in [0.15, 0.2) is 0 Å². The summed E-state index contributed by atoms with van der Waals surface area (Å²) in [5.74, 6) is 0. The van der Waals surface area contributed by atoms with Crippen LogP contribution in [-0.2, 0) is 23.5 Å². The highest BCUT2D eigenvalue weighted by Crippen LogP contribution is 2.43. The zero-order valence-corrected chi connectivity index (χ0v) is 13.1. The van der Waals surface area contributed by atoms with Gasteiger partial charge < -0.3 is 4.74 Å². The summed E-state index contributed by atoms with van der Waals surface area (Å²) in [5, 5.41) is 0. The summed E-state index contributed by atoms with van der Waals surface area (Å²) in [7, 11) is 0. The van der Waals surface area contributed by atoms with Crippen LogP contribution in [0.25, 0.3) is 0 Å². The Labute approximate surface area is 136 Å². The van der Waals surface area contributed by atoms with Gasteiger partial charge in [-0.25, -0.2) is 0 Å². The van der Waals surface area contributed by atoms with Gasteiger partial charge in [-0.3, -0.25) is 14.7 Å². The number of ether oxygens (including phenoxy) is 1. The van der Waals surface area contributed by atoms with Crippen molar-refractivity contribution >= 4 is 6.29 Å². The third-order valence-electron chi connectivity index (χ3n) is 5.09. The lowest BCUT2D eigenvalue weighted by molar-refractivity contribution is -0.0800. The second-order valence-electron chi connectivity index (χ2n) is 6.45. The molecule has 0 saturated carbocycles. The first-order valence-corrected chi connectivity index (χ1v) is 8.13. The summed E-state index contributed by atoms with van der Waals surface area (Å²) in [4.78, 5) is 17.5. The van der Waals surface area contributed by atoms with Crippen LogP contribution < -0.4 is 0 Å². The lowest BCUT2D eigenvalue weighted by Gasteiger charge is -2.39. The number of aromatic nitrogens is 1. The van der Waals surface area contributed by atoms with Gasteiger partial charge in [0.1, 0.15) is 6.29 Å². The number of pyridine rings is 1. The molecule has 0 atom stereocenters. The number of likely N-dealkylation sites (tertiary alicyclic amines) is 1. The third-order valence-corrected chi connectivity index (χ3v) is 5.09. The summed E-state index contributed by atoms with van der Waals surface area (Å²) in [6, 6.07) is 9.93. The van der Waals surface area contributed by atoms with Crippen LogP contribution in [0.4, 0.5) is 0 Å². The Balaban J connectivity index is 1.42. The Morgan fingerprint density at radius 1 is 1.17 bits per heavy atom. The predicted molar refractivity (Wildman–Crippen MR) is 87.0 cm³/mol. The second kappa shape index (κ2) is 5.87. The van der Waals surface area contributed by atoms with E-state index >= 15 is 0 Å². The van der Waals surface area contributed by atoms with Gasteiger partial charge in [-0.2, -0.15) is 0 Å². The van der Waals surface area contributed by atoms with Crippen LogP contribution in [0.2, 0.25) is 0 Å². The van der Waals surface area contributed by atoms with Gasteiger partial charge in [0, 0.05) is 43.2 Å². The molecule has 1 saturated heterocycles. The molecule has 2 aromatic rings. The first-order chi connectivity index (χ1) is 11.3. The number of benzene rings is 1. The first kappa shape index (κ1) is 14.5. The minimum Gasteiger partial charge on any atom is -0.365 e. The lowest BCUT2D eigenvalue weighted by Crippen LogP contribution is -2.42. The molecule has 1 aromatic heterocycles. The van der Waals surface area contributed by atoms with E-state index in [1.807, 2.05) is 36.7 Å². The van der Waals surface area contributed by atoms with Crippen molar-refractivity contribution in [3.63, 3.8) is 0 Å². The molecule has 3 heterocycles. The van der Waals surface area contributed by atoms with Gasteiger partial charge in [0.2, 0.25) is 0 Å². The SMILES string of the molecule is O=Cc1ccc(CN2CCC3(CC2)OCc2ccncc23)cc1. The number of nitrogens with zero attached hydrogens (tertiary/aromatic N) is 2. The summed E-state index contributed by atoms with van der Waals surface area (Å²) < 4.78 is 6.18. The maximum atomic E-state index is 10.7. The minimum atomic E-state index is -0.124. The standard InChI is InChI=1S/C19H20N2O2/c22-13-16-3-1-15(2-4-16)12-21-9-6-19(7-10-21)18-11-20-8-5-17(18)14-23-19/h1-5,8,11,13H,6-7,9-10,12,14H2. The van der Waals surface area contributed by atoms with Crippen LogP contribution in [0, 0.1) is 0 Å². The van der Waals surface area contributed by atoms with E-state index in [4.69, 9.17) is 4.74 Å². The van der Waals surface area contributed by atoms with E-state index < -0.39 is 0 Å². The Kier molecular flexibility index (Phi) is 3.71. The van der Waals surface area contributed by atoms with Crippen LogP contribution in [0.5, 0.6) is 0 Å². The molecule has 0 bridgehead atoms. The van der Waals surface area contributed by atoms with Gasteiger partial charge in [-0.15, -0.1) is 0 Å². The van der Waals surface area contributed by atoms with Gasteiger partial charge in [0.25, 0.3) is 0 Å².